The molecule has 2 aromatic rings. The minimum absolute atomic E-state index is 0.0522. The molecule has 1 aliphatic heterocycles. The fourth-order valence-corrected chi connectivity index (χ4v) is 2.38. The van der Waals surface area contributed by atoms with Gasteiger partial charge in [-0.3, -0.25) is 0 Å². The van der Waals surface area contributed by atoms with Crippen molar-refractivity contribution in [3.63, 3.8) is 0 Å². The number of pyridine rings is 1. The summed E-state index contributed by atoms with van der Waals surface area (Å²) in [5.41, 5.74) is -2.31. The molecule has 0 bridgehead atoms. The van der Waals surface area contributed by atoms with Gasteiger partial charge in [-0.1, -0.05) is 6.92 Å². The summed E-state index contributed by atoms with van der Waals surface area (Å²) in [6.45, 7) is -8.32. The molecule has 3 rings (SSSR count). The number of fused-ring (bicyclic) bond motifs is 1. The van der Waals surface area contributed by atoms with Gasteiger partial charge < -0.3 is 14.5 Å². The molecule has 0 atom stereocenters. The number of rotatable bonds is 3. The molecule has 1 aliphatic rings. The number of piperazine rings is 1. The molecule has 0 N–H and O–H groups in total. The molecule has 2 aromatic heterocycles. The molecule has 8 nitrogen and oxygen atoms in total. The van der Waals surface area contributed by atoms with Gasteiger partial charge in [0, 0.05) is 26.0 Å². The predicted molar refractivity (Wildman–Crippen MR) is 100 cm³/mol. The van der Waals surface area contributed by atoms with Crippen LogP contribution in [0.25, 0.3) is 5.52 Å². The number of halogens is 1. The van der Waals surface area contributed by atoms with Crippen LogP contribution in [0.15, 0.2) is 17.4 Å². The smallest absolute Gasteiger partial charge is 0.410 e. The highest BCUT2D eigenvalue weighted by molar-refractivity contribution is 5.75. The molecule has 9 heteroatoms. The fourth-order valence-electron chi connectivity index (χ4n) is 2.38. The first kappa shape index (κ1) is 11.2. The van der Waals surface area contributed by atoms with Crippen molar-refractivity contribution >= 4 is 23.0 Å². The van der Waals surface area contributed by atoms with Crippen LogP contribution in [0.2, 0.25) is 0 Å². The highest BCUT2D eigenvalue weighted by Crippen LogP contribution is 2.31. The first-order valence-electron chi connectivity index (χ1n) is 12.1. The zero-order chi connectivity index (χ0) is 26.9. The number of anilines is 1. The summed E-state index contributed by atoms with van der Waals surface area (Å²) in [6, 6.07) is 0.836. The Hall–Kier alpha value is -2.71. The van der Waals surface area contributed by atoms with Gasteiger partial charge in [0.15, 0.2) is 11.5 Å². The third-order valence-electron chi connectivity index (χ3n) is 3.54. The van der Waals surface area contributed by atoms with Crippen LogP contribution in [-0.2, 0) is 11.2 Å². The summed E-state index contributed by atoms with van der Waals surface area (Å²) >= 11 is 0. The second-order valence-electron chi connectivity index (χ2n) is 6.67. The first-order valence-corrected chi connectivity index (χ1v) is 8.13. The van der Waals surface area contributed by atoms with Crippen molar-refractivity contribution in [3.8, 4) is 0 Å². The third-order valence-corrected chi connectivity index (χ3v) is 3.54. The SMILES string of the molecule is [2H]C1([2H])N(C(=O)OC(C)(C)C)C([2H])([2H])C([2H])([2H])N(c2cc3c(N=O)c(CC)nn3cc2F)C1([2H])[2H]. The Morgan fingerprint density at radius 2 is 2.04 bits per heavy atom. The van der Waals surface area contributed by atoms with Crippen molar-refractivity contribution in [2.75, 3.05) is 30.9 Å². The molecular weight excluding hydrogens is 353 g/mol. The third kappa shape index (κ3) is 3.86. The number of nitroso groups, excluding NO2 is 1. The molecule has 1 saturated heterocycles. The van der Waals surface area contributed by atoms with Crippen molar-refractivity contribution in [1.82, 2.24) is 14.5 Å². The molecule has 0 saturated carbocycles. The van der Waals surface area contributed by atoms with E-state index in [0.717, 1.165) is 16.8 Å². The van der Waals surface area contributed by atoms with Crippen LogP contribution in [-0.4, -0.2) is 52.2 Å². The number of aromatic nitrogens is 2. The van der Waals surface area contributed by atoms with E-state index in [0.29, 0.717) is 0 Å². The summed E-state index contributed by atoms with van der Waals surface area (Å²) in [5.74, 6) is -1.29. The Bertz CT molecular complexity index is 1170. The van der Waals surface area contributed by atoms with E-state index in [9.17, 15) is 9.70 Å². The molecule has 27 heavy (non-hydrogen) atoms. The number of ether oxygens (including phenoxy) is 1. The number of hydrogen-bond donors (Lipinski definition) is 0. The fraction of sp³-hybridized carbons (Fsp3) is 0.556. The van der Waals surface area contributed by atoms with Crippen LogP contribution in [0.5, 0.6) is 0 Å². The topological polar surface area (TPSA) is 79.5 Å². The minimum atomic E-state index is -3.57. The molecule has 3 heterocycles. The van der Waals surface area contributed by atoms with E-state index >= 15 is 4.39 Å². The average molecular weight is 385 g/mol. The second kappa shape index (κ2) is 7.13. The van der Waals surface area contributed by atoms with Gasteiger partial charge in [-0.25, -0.2) is 13.7 Å². The number of carbonyl (C=O) groups excluding carboxylic acids is 1. The van der Waals surface area contributed by atoms with E-state index in [2.05, 4.69) is 10.3 Å². The summed E-state index contributed by atoms with van der Waals surface area (Å²) in [6.07, 6.45) is -0.691. The highest BCUT2D eigenvalue weighted by atomic mass is 19.1. The van der Waals surface area contributed by atoms with Crippen LogP contribution >= 0.6 is 0 Å². The molecule has 1 amide bonds. The molecule has 0 aliphatic carbocycles. The predicted octanol–water partition coefficient (Wildman–Crippen LogP) is 3.49. The number of hydrogen-bond acceptors (Lipinski definition) is 6. The van der Waals surface area contributed by atoms with Crippen molar-refractivity contribution in [2.45, 2.75) is 39.7 Å². The van der Waals surface area contributed by atoms with Crippen LogP contribution in [0.4, 0.5) is 20.6 Å². The van der Waals surface area contributed by atoms with Gasteiger partial charge in [-0.15, -0.1) is 4.91 Å². The lowest BCUT2D eigenvalue weighted by Crippen LogP contribution is -2.50. The minimum Gasteiger partial charge on any atom is -0.444 e. The van der Waals surface area contributed by atoms with E-state index in [-0.39, 0.29) is 33.1 Å². The Labute approximate surface area is 168 Å². The molecule has 0 aromatic carbocycles. The van der Waals surface area contributed by atoms with Crippen molar-refractivity contribution < 1.29 is 24.9 Å². The summed E-state index contributed by atoms with van der Waals surface area (Å²) < 4.78 is 88.3. The lowest BCUT2D eigenvalue weighted by Gasteiger charge is -2.36. The average Bonchev–Trinajstić information content (AvgIpc) is 3.01. The Balaban J connectivity index is 2.30. The standard InChI is InChI=1S/C18H24FN5O3/c1-5-13-16(21-26)15-10-14(12(19)11-24(15)20-13)22-6-8-23(9-7-22)17(25)27-18(2,3)4/h10-11H,5-9H2,1-4H3/i6D2,7D2,8D2,9D2. The number of aryl methyl sites for hydroxylation is 1. The van der Waals surface area contributed by atoms with E-state index in [1.165, 1.54) is 20.8 Å². The van der Waals surface area contributed by atoms with Gasteiger partial charge in [0.1, 0.15) is 5.60 Å². The zero-order valence-electron chi connectivity index (χ0n) is 23.2. The van der Waals surface area contributed by atoms with E-state index < -0.39 is 49.2 Å². The Kier molecular flexibility index (Phi) is 2.96. The van der Waals surface area contributed by atoms with Crippen LogP contribution in [0.1, 0.15) is 44.4 Å². The molecule has 1 fully saturated rings. The number of amides is 1. The van der Waals surface area contributed by atoms with Gasteiger partial charge in [-0.05, 0) is 38.4 Å². The Morgan fingerprint density at radius 3 is 2.59 bits per heavy atom. The van der Waals surface area contributed by atoms with Gasteiger partial charge in [0.2, 0.25) is 0 Å². The van der Waals surface area contributed by atoms with Gasteiger partial charge >= 0.3 is 6.09 Å². The van der Waals surface area contributed by atoms with E-state index in [1.807, 2.05) is 0 Å². The summed E-state index contributed by atoms with van der Waals surface area (Å²) in [7, 11) is 0. The first-order chi connectivity index (χ1) is 15.8. The number of nitrogens with zero attached hydrogens (tertiary/aromatic N) is 5. The van der Waals surface area contributed by atoms with Gasteiger partial charge in [-0.2, -0.15) is 5.10 Å². The quantitative estimate of drug-likeness (QED) is 0.756. The maximum Gasteiger partial charge on any atom is 0.410 e. The largest absolute Gasteiger partial charge is 0.444 e. The lowest BCUT2D eigenvalue weighted by molar-refractivity contribution is 0.0240. The van der Waals surface area contributed by atoms with Crippen LogP contribution < -0.4 is 4.90 Å². The normalized spacial score (nSPS) is 27.1. The second-order valence-corrected chi connectivity index (χ2v) is 6.67. The van der Waals surface area contributed by atoms with Crippen LogP contribution in [0.3, 0.4) is 0 Å². The monoisotopic (exact) mass is 385 g/mol. The van der Waals surface area contributed by atoms with Gasteiger partial charge in [0.25, 0.3) is 0 Å². The maximum atomic E-state index is 15.2. The Morgan fingerprint density at radius 1 is 1.37 bits per heavy atom. The van der Waals surface area contributed by atoms with Crippen molar-refractivity contribution in [3.05, 3.63) is 28.7 Å². The zero-order valence-corrected chi connectivity index (χ0v) is 15.2. The van der Waals surface area contributed by atoms with Gasteiger partial charge in [0.05, 0.1) is 34.1 Å². The molecule has 0 radical (unpaired) electrons. The molecular formula is C18H24FN5O3. The summed E-state index contributed by atoms with van der Waals surface area (Å²) in [5, 5.41) is 6.87. The lowest BCUT2D eigenvalue weighted by atomic mass is 10.2. The van der Waals surface area contributed by atoms with Crippen LogP contribution in [0, 0.1) is 10.7 Å². The molecule has 0 unspecified atom stereocenters. The molecule has 146 valence electrons. The van der Waals surface area contributed by atoms with Crippen molar-refractivity contribution in [2.24, 2.45) is 5.18 Å². The van der Waals surface area contributed by atoms with E-state index in [4.69, 9.17) is 15.7 Å². The molecule has 0 spiro atoms. The van der Waals surface area contributed by atoms with E-state index in [1.54, 1.807) is 6.92 Å². The summed E-state index contributed by atoms with van der Waals surface area (Å²) in [4.78, 5) is 23.8. The van der Waals surface area contributed by atoms with Crippen molar-refractivity contribution in [1.29, 1.82) is 0 Å². The maximum absolute atomic E-state index is 15.2. The number of carbonyl (C=O) groups is 1. The highest BCUT2D eigenvalue weighted by Gasteiger charge is 2.27.